The number of carbonyl (C=O) groups is 1. The number of aromatic amines is 1. The van der Waals surface area contributed by atoms with E-state index in [0.29, 0.717) is 11.0 Å². The van der Waals surface area contributed by atoms with Crippen molar-refractivity contribution in [1.82, 2.24) is 20.2 Å². The van der Waals surface area contributed by atoms with Gasteiger partial charge in [0.2, 0.25) is 11.1 Å². The number of para-hydroxylation sites is 1. The van der Waals surface area contributed by atoms with Crippen LogP contribution in [0.15, 0.2) is 53.9 Å². The zero-order chi connectivity index (χ0) is 16.4. The molecule has 7 heteroatoms. The van der Waals surface area contributed by atoms with E-state index in [1.165, 1.54) is 17.3 Å². The molecule has 120 valence electrons. The summed E-state index contributed by atoms with van der Waals surface area (Å²) in [5.74, 6) is 0.678. The normalized spacial score (nSPS) is 17.0. The van der Waals surface area contributed by atoms with E-state index < -0.39 is 0 Å². The molecule has 1 aromatic carbocycles. The number of hydrogen-bond acceptors (Lipinski definition) is 5. The highest BCUT2D eigenvalue weighted by atomic mass is 32.2. The number of aryl methyl sites for hydroxylation is 1. The summed E-state index contributed by atoms with van der Waals surface area (Å²) in [5.41, 5.74) is 2.99. The molecule has 2 aromatic heterocycles. The topological polar surface area (TPSA) is 83.6 Å². The van der Waals surface area contributed by atoms with Crippen molar-refractivity contribution in [2.75, 3.05) is 5.32 Å². The Labute approximate surface area is 143 Å². The molecule has 6 nitrogen and oxygen atoms in total. The lowest BCUT2D eigenvalue weighted by atomic mass is 10.1. The van der Waals surface area contributed by atoms with E-state index in [1.807, 2.05) is 30.3 Å². The van der Waals surface area contributed by atoms with E-state index >= 15 is 0 Å². The zero-order valence-electron chi connectivity index (χ0n) is 12.8. The highest BCUT2D eigenvalue weighted by molar-refractivity contribution is 8.00. The number of carbonyl (C=O) groups excluding carboxylic acids is 1. The number of thioether (sulfide) groups is 1. The molecule has 0 spiro atoms. The van der Waals surface area contributed by atoms with E-state index in [1.54, 1.807) is 12.4 Å². The van der Waals surface area contributed by atoms with Crippen LogP contribution in [0.5, 0.6) is 0 Å². The first-order valence-corrected chi connectivity index (χ1v) is 8.56. The van der Waals surface area contributed by atoms with Gasteiger partial charge in [0, 0.05) is 23.6 Å². The number of nitrogens with zero attached hydrogens (tertiary/aromatic N) is 3. The first kappa shape index (κ1) is 14.9. The number of H-pyrrole nitrogens is 1. The maximum Gasteiger partial charge on any atom is 0.237 e. The summed E-state index contributed by atoms with van der Waals surface area (Å²) in [6, 6.07) is 11.6. The van der Waals surface area contributed by atoms with E-state index in [2.05, 4.69) is 31.5 Å². The molecule has 3 aromatic rings. The average molecular weight is 337 g/mol. The quantitative estimate of drug-likeness (QED) is 0.768. The van der Waals surface area contributed by atoms with Crippen LogP contribution >= 0.6 is 11.8 Å². The Bertz CT molecular complexity index is 864. The fraction of sp³-hybridized carbons (Fsp3) is 0.176. The molecular formula is C17H15N5OS. The van der Waals surface area contributed by atoms with Crippen LogP contribution in [0.4, 0.5) is 5.69 Å². The Kier molecular flexibility index (Phi) is 4.00. The Morgan fingerprint density at radius 2 is 1.96 bits per heavy atom. The number of nitrogens with one attached hydrogen (secondary N) is 2. The molecule has 1 atom stereocenters. The molecule has 0 saturated carbocycles. The van der Waals surface area contributed by atoms with Crippen molar-refractivity contribution in [3.05, 3.63) is 54.4 Å². The lowest BCUT2D eigenvalue weighted by Gasteiger charge is -2.10. The Balaban J connectivity index is 1.50. The Morgan fingerprint density at radius 3 is 2.83 bits per heavy atom. The minimum Gasteiger partial charge on any atom is -0.325 e. The first-order valence-electron chi connectivity index (χ1n) is 7.68. The maximum absolute atomic E-state index is 12.5. The van der Waals surface area contributed by atoms with Crippen LogP contribution in [0.25, 0.3) is 11.4 Å². The molecule has 4 rings (SSSR count). The summed E-state index contributed by atoms with van der Waals surface area (Å²) in [6.07, 6.45) is 5.03. The van der Waals surface area contributed by atoms with E-state index in [4.69, 9.17) is 0 Å². The van der Waals surface area contributed by atoms with Gasteiger partial charge < -0.3 is 5.32 Å². The maximum atomic E-state index is 12.5. The zero-order valence-corrected chi connectivity index (χ0v) is 13.6. The lowest BCUT2D eigenvalue weighted by Crippen LogP contribution is -2.23. The molecular weight excluding hydrogens is 322 g/mol. The number of hydrogen-bond donors (Lipinski definition) is 2. The van der Waals surface area contributed by atoms with Crippen LogP contribution in [0.1, 0.15) is 12.0 Å². The summed E-state index contributed by atoms with van der Waals surface area (Å²) in [7, 11) is 0. The van der Waals surface area contributed by atoms with Crippen LogP contribution in [0.3, 0.4) is 0 Å². The van der Waals surface area contributed by atoms with Gasteiger partial charge in [-0.15, -0.1) is 5.10 Å². The highest BCUT2D eigenvalue weighted by Crippen LogP contribution is 2.30. The van der Waals surface area contributed by atoms with Gasteiger partial charge in [-0.3, -0.25) is 14.9 Å². The van der Waals surface area contributed by atoms with Gasteiger partial charge >= 0.3 is 0 Å². The van der Waals surface area contributed by atoms with Crippen molar-refractivity contribution in [3.8, 4) is 11.4 Å². The second-order valence-electron chi connectivity index (χ2n) is 5.49. The molecule has 1 aliphatic rings. The standard InChI is InChI=1S/C17H15N5OS/c23-16-14(6-5-11-3-1-2-4-13(11)19-16)24-17-20-15(21-22-17)12-7-9-18-10-8-12/h1-4,7-10,14H,5-6H2,(H,19,23)(H,20,21,22). The highest BCUT2D eigenvalue weighted by Gasteiger charge is 2.25. The second-order valence-corrected chi connectivity index (χ2v) is 6.66. The molecule has 3 heterocycles. The van der Waals surface area contributed by atoms with E-state index in [0.717, 1.165) is 24.1 Å². The molecule has 0 radical (unpaired) electrons. The predicted octanol–water partition coefficient (Wildman–Crippen LogP) is 2.91. The molecule has 0 fully saturated rings. The summed E-state index contributed by atoms with van der Waals surface area (Å²) in [6.45, 7) is 0. The second kappa shape index (κ2) is 6.45. The van der Waals surface area contributed by atoms with Gasteiger partial charge in [-0.05, 0) is 36.6 Å². The van der Waals surface area contributed by atoms with Crippen LogP contribution in [0.2, 0.25) is 0 Å². The fourth-order valence-electron chi connectivity index (χ4n) is 2.67. The number of anilines is 1. The third-order valence-electron chi connectivity index (χ3n) is 3.91. The predicted molar refractivity (Wildman–Crippen MR) is 92.7 cm³/mol. The van der Waals surface area contributed by atoms with Gasteiger partial charge in [0.1, 0.15) is 0 Å². The van der Waals surface area contributed by atoms with Crippen molar-refractivity contribution in [1.29, 1.82) is 0 Å². The van der Waals surface area contributed by atoms with Gasteiger partial charge in [0.15, 0.2) is 5.82 Å². The molecule has 2 N–H and O–H groups in total. The van der Waals surface area contributed by atoms with Gasteiger partial charge in [-0.1, -0.05) is 30.0 Å². The SMILES string of the molecule is O=C1Nc2ccccc2CCC1Sc1n[nH]c(-c2ccncc2)n1. The van der Waals surface area contributed by atoms with Crippen LogP contribution in [-0.4, -0.2) is 31.3 Å². The number of amides is 1. The summed E-state index contributed by atoms with van der Waals surface area (Å²) in [4.78, 5) is 20.9. The lowest BCUT2D eigenvalue weighted by molar-refractivity contribution is -0.115. The number of aromatic nitrogens is 4. The fourth-order valence-corrected chi connectivity index (χ4v) is 3.57. The van der Waals surface area contributed by atoms with Gasteiger partial charge in [-0.25, -0.2) is 4.98 Å². The van der Waals surface area contributed by atoms with Crippen molar-refractivity contribution in [3.63, 3.8) is 0 Å². The smallest absolute Gasteiger partial charge is 0.237 e. The molecule has 1 amide bonds. The van der Waals surface area contributed by atoms with Crippen LogP contribution in [-0.2, 0) is 11.2 Å². The van der Waals surface area contributed by atoms with Crippen LogP contribution in [0, 0.1) is 0 Å². The number of pyridine rings is 1. The molecule has 1 unspecified atom stereocenters. The minimum absolute atomic E-state index is 0.000195. The summed E-state index contributed by atoms with van der Waals surface area (Å²) >= 11 is 1.39. The van der Waals surface area contributed by atoms with Crippen molar-refractivity contribution < 1.29 is 4.79 Å². The summed E-state index contributed by atoms with van der Waals surface area (Å²) < 4.78 is 0. The molecule has 0 aliphatic carbocycles. The Hall–Kier alpha value is -2.67. The van der Waals surface area contributed by atoms with E-state index in [9.17, 15) is 4.79 Å². The number of benzene rings is 1. The third kappa shape index (κ3) is 3.03. The van der Waals surface area contributed by atoms with Gasteiger partial charge in [0.05, 0.1) is 5.25 Å². The first-order chi connectivity index (χ1) is 11.8. The molecule has 24 heavy (non-hydrogen) atoms. The number of fused-ring (bicyclic) bond motifs is 1. The van der Waals surface area contributed by atoms with Gasteiger partial charge in [0.25, 0.3) is 0 Å². The van der Waals surface area contributed by atoms with E-state index in [-0.39, 0.29) is 11.2 Å². The molecule has 0 bridgehead atoms. The molecule has 1 aliphatic heterocycles. The number of rotatable bonds is 3. The Morgan fingerprint density at radius 1 is 1.12 bits per heavy atom. The van der Waals surface area contributed by atoms with Crippen molar-refractivity contribution in [2.24, 2.45) is 0 Å². The van der Waals surface area contributed by atoms with Crippen molar-refractivity contribution in [2.45, 2.75) is 23.2 Å². The largest absolute Gasteiger partial charge is 0.325 e. The monoisotopic (exact) mass is 337 g/mol. The van der Waals surface area contributed by atoms with Crippen LogP contribution < -0.4 is 5.32 Å². The third-order valence-corrected chi connectivity index (χ3v) is 5.04. The average Bonchev–Trinajstić information content (AvgIpc) is 3.02. The summed E-state index contributed by atoms with van der Waals surface area (Å²) in [5, 5.41) is 10.5. The molecule has 0 saturated heterocycles. The minimum atomic E-state index is -0.210. The van der Waals surface area contributed by atoms with Crippen molar-refractivity contribution >= 4 is 23.4 Å². The van der Waals surface area contributed by atoms with Gasteiger partial charge in [-0.2, -0.15) is 0 Å².